The van der Waals surface area contributed by atoms with E-state index in [4.69, 9.17) is 34.8 Å². The molecule has 2 aliphatic rings. The van der Waals surface area contributed by atoms with Crippen LogP contribution in [0.25, 0.3) is 0 Å². The van der Waals surface area contributed by atoms with Crippen molar-refractivity contribution in [2.75, 3.05) is 0 Å². The lowest BCUT2D eigenvalue weighted by Gasteiger charge is -2.23. The largest absolute Gasteiger partial charge is 0.266 e. The average molecular weight is 272 g/mol. The summed E-state index contributed by atoms with van der Waals surface area (Å²) in [6.45, 7) is 3.93. The maximum atomic E-state index is 11.9. The summed E-state index contributed by atoms with van der Waals surface area (Å²) in [6, 6.07) is 0. The first-order valence-electron chi connectivity index (χ1n) is 4.25. The van der Waals surface area contributed by atoms with Crippen molar-refractivity contribution in [2.24, 2.45) is 11.8 Å². The van der Waals surface area contributed by atoms with Gasteiger partial charge in [-0.15, -0.1) is 0 Å². The SMILES string of the molecule is C=C1[C@@H](S(=O)C(Cl)(Cl)Cl)[C@@H]2C=C[C@H]1C2. The minimum Gasteiger partial charge on any atom is -0.254 e. The Morgan fingerprint density at radius 2 is 2.07 bits per heavy atom. The normalized spacial score (nSPS) is 37.9. The van der Waals surface area contributed by atoms with E-state index in [0.29, 0.717) is 5.92 Å². The van der Waals surface area contributed by atoms with Gasteiger partial charge in [0.05, 0.1) is 16.0 Å². The Bertz CT molecular complexity index is 331. The van der Waals surface area contributed by atoms with Gasteiger partial charge in [0.25, 0.3) is 3.12 Å². The van der Waals surface area contributed by atoms with Crippen LogP contribution in [0.15, 0.2) is 24.3 Å². The van der Waals surface area contributed by atoms with E-state index in [1.54, 1.807) is 0 Å². The highest BCUT2D eigenvalue weighted by Gasteiger charge is 2.47. The monoisotopic (exact) mass is 270 g/mol. The molecule has 1 saturated carbocycles. The zero-order valence-electron chi connectivity index (χ0n) is 7.25. The van der Waals surface area contributed by atoms with Gasteiger partial charge in [-0.2, -0.15) is 0 Å². The van der Waals surface area contributed by atoms with Crippen molar-refractivity contribution in [2.45, 2.75) is 14.8 Å². The van der Waals surface area contributed by atoms with Crippen molar-refractivity contribution in [3.63, 3.8) is 0 Å². The Morgan fingerprint density at radius 3 is 2.50 bits per heavy atom. The van der Waals surface area contributed by atoms with Crippen LogP contribution in [-0.2, 0) is 10.8 Å². The van der Waals surface area contributed by atoms with Crippen molar-refractivity contribution >= 4 is 45.6 Å². The molecule has 1 fully saturated rings. The molecule has 4 atom stereocenters. The third-order valence-corrected chi connectivity index (χ3v) is 5.74. The zero-order valence-corrected chi connectivity index (χ0v) is 10.3. The summed E-state index contributed by atoms with van der Waals surface area (Å²) in [4.78, 5) is 0. The first-order chi connectivity index (χ1) is 6.41. The molecule has 0 aromatic carbocycles. The summed E-state index contributed by atoms with van der Waals surface area (Å²) >= 11 is 16.9. The Labute approximate surface area is 101 Å². The molecule has 2 aliphatic carbocycles. The molecule has 0 heterocycles. The number of allylic oxidation sites excluding steroid dienone is 2. The molecule has 0 aromatic heterocycles. The standard InChI is InChI=1S/C9H9Cl3OS/c1-5-6-2-3-7(4-6)8(5)14(13)9(10,11)12/h2-3,6-8H,1,4H2/t6-,7+,8+,14?/m0/s1. The molecule has 0 aliphatic heterocycles. The van der Waals surface area contributed by atoms with Crippen LogP contribution in [0.3, 0.4) is 0 Å². The summed E-state index contributed by atoms with van der Waals surface area (Å²) in [6.07, 6.45) is 5.12. The van der Waals surface area contributed by atoms with Crippen LogP contribution < -0.4 is 0 Å². The van der Waals surface area contributed by atoms with E-state index in [1.165, 1.54) is 0 Å². The highest BCUT2D eigenvalue weighted by atomic mass is 35.6. The van der Waals surface area contributed by atoms with Gasteiger partial charge in [0.15, 0.2) is 0 Å². The van der Waals surface area contributed by atoms with Crippen molar-refractivity contribution in [1.82, 2.24) is 0 Å². The van der Waals surface area contributed by atoms with Gasteiger partial charge in [0.2, 0.25) is 0 Å². The van der Waals surface area contributed by atoms with Gasteiger partial charge in [-0.3, -0.25) is 4.21 Å². The van der Waals surface area contributed by atoms with E-state index in [9.17, 15) is 4.21 Å². The third kappa shape index (κ3) is 1.67. The van der Waals surface area contributed by atoms with Crippen LogP contribution in [0, 0.1) is 11.8 Å². The first kappa shape index (κ1) is 11.0. The van der Waals surface area contributed by atoms with Crippen molar-refractivity contribution < 1.29 is 4.21 Å². The van der Waals surface area contributed by atoms with Gasteiger partial charge >= 0.3 is 0 Å². The van der Waals surface area contributed by atoms with Crippen molar-refractivity contribution in [3.8, 4) is 0 Å². The molecule has 0 amide bonds. The maximum absolute atomic E-state index is 11.9. The number of fused-ring (bicyclic) bond motifs is 2. The maximum Gasteiger partial charge on any atom is 0.266 e. The number of halogens is 3. The second-order valence-electron chi connectivity index (χ2n) is 3.63. The Balaban J connectivity index is 2.25. The second kappa shape index (κ2) is 3.51. The van der Waals surface area contributed by atoms with Gasteiger partial charge in [0, 0.05) is 0 Å². The zero-order chi connectivity index (χ0) is 10.5. The topological polar surface area (TPSA) is 17.1 Å². The fourth-order valence-corrected chi connectivity index (χ4v) is 4.27. The van der Waals surface area contributed by atoms with Crippen LogP contribution in [-0.4, -0.2) is 12.6 Å². The lowest BCUT2D eigenvalue weighted by atomic mass is 10.0. The quantitative estimate of drug-likeness (QED) is 0.529. The number of hydrogen-bond acceptors (Lipinski definition) is 1. The molecule has 0 radical (unpaired) electrons. The van der Waals surface area contributed by atoms with Gasteiger partial charge in [0.1, 0.15) is 0 Å². The molecule has 1 unspecified atom stereocenters. The predicted octanol–water partition coefficient (Wildman–Crippen LogP) is 3.19. The molecule has 0 spiro atoms. The summed E-state index contributed by atoms with van der Waals surface area (Å²) < 4.78 is 10.2. The van der Waals surface area contributed by atoms with Gasteiger partial charge < -0.3 is 0 Å². The van der Waals surface area contributed by atoms with Crippen LogP contribution in [0.4, 0.5) is 0 Å². The number of hydrogen-bond donors (Lipinski definition) is 0. The average Bonchev–Trinajstić information content (AvgIpc) is 2.61. The highest BCUT2D eigenvalue weighted by Crippen LogP contribution is 2.48. The summed E-state index contributed by atoms with van der Waals surface area (Å²) in [5.41, 5.74) is 0.946. The van der Waals surface area contributed by atoms with Crippen LogP contribution in [0.2, 0.25) is 0 Å². The molecule has 78 valence electrons. The predicted molar refractivity (Wildman–Crippen MR) is 62.1 cm³/mol. The first-order valence-corrected chi connectivity index (χ1v) is 6.60. The Kier molecular flexibility index (Phi) is 2.76. The fourth-order valence-electron chi connectivity index (χ4n) is 2.15. The molecular formula is C9H9Cl3OS. The van der Waals surface area contributed by atoms with E-state index in [1.807, 2.05) is 0 Å². The molecule has 1 nitrogen and oxygen atoms in total. The number of rotatable bonds is 1. The van der Waals surface area contributed by atoms with E-state index in [-0.39, 0.29) is 11.2 Å². The van der Waals surface area contributed by atoms with Crippen molar-refractivity contribution in [1.29, 1.82) is 0 Å². The van der Waals surface area contributed by atoms with Gasteiger partial charge in [-0.1, -0.05) is 59.1 Å². The van der Waals surface area contributed by atoms with Gasteiger partial charge in [-0.05, 0) is 18.3 Å². The molecule has 5 heteroatoms. The summed E-state index contributed by atoms with van der Waals surface area (Å²) in [5.74, 6) is 0.574. The molecule has 14 heavy (non-hydrogen) atoms. The highest BCUT2D eigenvalue weighted by molar-refractivity contribution is 7.92. The molecule has 2 bridgehead atoms. The van der Waals surface area contributed by atoms with Crippen LogP contribution in [0.5, 0.6) is 0 Å². The van der Waals surface area contributed by atoms with Gasteiger partial charge in [-0.25, -0.2) is 0 Å². The van der Waals surface area contributed by atoms with E-state index < -0.39 is 13.9 Å². The fraction of sp³-hybridized carbons (Fsp3) is 0.556. The lowest BCUT2D eigenvalue weighted by Crippen LogP contribution is -2.30. The Morgan fingerprint density at radius 1 is 1.43 bits per heavy atom. The van der Waals surface area contributed by atoms with Crippen LogP contribution >= 0.6 is 34.8 Å². The second-order valence-corrected chi connectivity index (χ2v) is 8.30. The third-order valence-electron chi connectivity index (χ3n) is 2.81. The molecule has 0 N–H and O–H groups in total. The van der Waals surface area contributed by atoms with E-state index in [2.05, 4.69) is 18.7 Å². The minimum atomic E-state index is -1.70. The van der Waals surface area contributed by atoms with E-state index in [0.717, 1.165) is 12.0 Å². The smallest absolute Gasteiger partial charge is 0.254 e. The molecule has 0 saturated heterocycles. The minimum absolute atomic E-state index is 0.183. The lowest BCUT2D eigenvalue weighted by molar-refractivity contribution is 0.652. The Hall–Kier alpha value is 0.500. The summed E-state index contributed by atoms with van der Waals surface area (Å²) in [5, 5.41) is -0.183. The van der Waals surface area contributed by atoms with E-state index >= 15 is 0 Å². The molecular weight excluding hydrogens is 263 g/mol. The van der Waals surface area contributed by atoms with Crippen molar-refractivity contribution in [3.05, 3.63) is 24.3 Å². The van der Waals surface area contributed by atoms with Crippen LogP contribution in [0.1, 0.15) is 6.42 Å². The summed E-state index contributed by atoms with van der Waals surface area (Å²) in [7, 11) is -1.50. The number of alkyl halides is 3. The molecule has 2 rings (SSSR count). The molecule has 0 aromatic rings.